The van der Waals surface area contributed by atoms with Crippen LogP contribution < -0.4 is 10.0 Å². The van der Waals surface area contributed by atoms with Gasteiger partial charge in [-0.2, -0.15) is 5.26 Å². The summed E-state index contributed by atoms with van der Waals surface area (Å²) in [7, 11) is -4.24. The number of benzene rings is 4. The SMILES string of the molecule is N#Cc1ccc(CC(NC(=O)C(Cc2ccccc2)S(=O)(=O)Nc2ccc3ccccc3c2)C(=O)N2CCCCC2)cc1. The van der Waals surface area contributed by atoms with Gasteiger partial charge in [-0.3, -0.25) is 14.3 Å². The topological polar surface area (TPSA) is 119 Å². The molecule has 8 nitrogen and oxygen atoms in total. The number of rotatable bonds is 10. The Hall–Kier alpha value is -4.68. The summed E-state index contributed by atoms with van der Waals surface area (Å²) in [6.45, 7) is 1.18. The van der Waals surface area contributed by atoms with Crippen LogP contribution in [0.5, 0.6) is 0 Å². The number of carbonyl (C=O) groups is 2. The van der Waals surface area contributed by atoms with Crippen molar-refractivity contribution >= 4 is 38.3 Å². The average molecular weight is 595 g/mol. The Kier molecular flexibility index (Phi) is 9.38. The second kappa shape index (κ2) is 13.5. The number of sulfonamides is 1. The fraction of sp³-hybridized carbons (Fsp3) is 0.265. The van der Waals surface area contributed by atoms with Gasteiger partial charge in [-0.05, 0) is 71.8 Å². The summed E-state index contributed by atoms with van der Waals surface area (Å²) in [5.41, 5.74) is 2.27. The average Bonchev–Trinajstić information content (AvgIpc) is 3.04. The van der Waals surface area contributed by atoms with Crippen molar-refractivity contribution in [3.8, 4) is 6.07 Å². The Balaban J connectivity index is 1.43. The molecular weight excluding hydrogens is 560 g/mol. The number of fused-ring (bicyclic) bond motifs is 1. The zero-order valence-electron chi connectivity index (χ0n) is 23.8. The van der Waals surface area contributed by atoms with Crippen LogP contribution in [-0.4, -0.2) is 49.5 Å². The van der Waals surface area contributed by atoms with Crippen LogP contribution in [0.25, 0.3) is 10.8 Å². The zero-order valence-corrected chi connectivity index (χ0v) is 24.6. The number of hydrogen-bond donors (Lipinski definition) is 2. The first kappa shape index (κ1) is 29.8. The molecule has 2 atom stereocenters. The number of nitrogens with one attached hydrogen (secondary N) is 2. The lowest BCUT2D eigenvalue weighted by molar-refractivity contribution is -0.137. The first-order valence-corrected chi connectivity index (χ1v) is 16.0. The van der Waals surface area contributed by atoms with Crippen LogP contribution >= 0.6 is 0 Å². The van der Waals surface area contributed by atoms with Gasteiger partial charge in [-0.15, -0.1) is 0 Å². The Morgan fingerprint density at radius 2 is 1.44 bits per heavy atom. The largest absolute Gasteiger partial charge is 0.343 e. The van der Waals surface area contributed by atoms with Crippen molar-refractivity contribution in [3.63, 3.8) is 0 Å². The summed E-state index contributed by atoms with van der Waals surface area (Å²) in [4.78, 5) is 29.4. The first-order valence-electron chi connectivity index (χ1n) is 14.4. The van der Waals surface area contributed by atoms with Crippen LogP contribution in [0.15, 0.2) is 97.1 Å². The normalized spacial score (nSPS) is 14.8. The number of nitriles is 1. The van der Waals surface area contributed by atoms with E-state index in [0.717, 1.165) is 35.6 Å². The lowest BCUT2D eigenvalue weighted by Gasteiger charge is -2.31. The van der Waals surface area contributed by atoms with E-state index in [1.807, 2.05) is 36.4 Å². The van der Waals surface area contributed by atoms with E-state index in [9.17, 15) is 23.3 Å². The standard InChI is InChI=1S/C34H34N4O4S/c35-24-27-15-13-26(14-16-27)21-31(34(40)38-19-7-2-8-20-38)36-33(39)32(22-25-9-3-1-4-10-25)43(41,42)37-30-18-17-28-11-5-6-12-29(28)23-30/h1,3-6,9-18,23,31-32,37H,2,7-8,19-22H2,(H,36,39). The molecule has 4 aromatic carbocycles. The van der Waals surface area contributed by atoms with E-state index >= 15 is 0 Å². The van der Waals surface area contributed by atoms with E-state index in [1.54, 1.807) is 65.6 Å². The molecule has 1 heterocycles. The lowest BCUT2D eigenvalue weighted by atomic mass is 10.0. The summed E-state index contributed by atoms with van der Waals surface area (Å²) in [5, 5.41) is 12.3. The molecule has 0 spiro atoms. The van der Waals surface area contributed by atoms with Gasteiger partial charge in [0.2, 0.25) is 21.8 Å². The molecule has 0 radical (unpaired) electrons. The van der Waals surface area contributed by atoms with E-state index in [0.29, 0.717) is 29.9 Å². The Bertz CT molecular complexity index is 1730. The summed E-state index contributed by atoms with van der Waals surface area (Å²) >= 11 is 0. The highest BCUT2D eigenvalue weighted by molar-refractivity contribution is 7.94. The first-order chi connectivity index (χ1) is 20.8. The molecule has 0 bridgehead atoms. The van der Waals surface area contributed by atoms with E-state index in [2.05, 4.69) is 16.1 Å². The van der Waals surface area contributed by atoms with E-state index < -0.39 is 27.2 Å². The third-order valence-corrected chi connectivity index (χ3v) is 9.40. The maximum atomic E-state index is 13.9. The molecule has 2 amide bonds. The minimum atomic E-state index is -4.24. The highest BCUT2D eigenvalue weighted by atomic mass is 32.2. The quantitative estimate of drug-likeness (QED) is 0.273. The van der Waals surface area contributed by atoms with Crippen molar-refractivity contribution in [2.24, 2.45) is 0 Å². The molecule has 1 fully saturated rings. The zero-order chi connectivity index (χ0) is 30.2. The van der Waals surface area contributed by atoms with Gasteiger partial charge in [0, 0.05) is 25.2 Å². The number of nitrogens with zero attached hydrogens (tertiary/aromatic N) is 2. The van der Waals surface area contributed by atoms with Crippen molar-refractivity contribution < 1.29 is 18.0 Å². The van der Waals surface area contributed by atoms with Crippen LogP contribution in [0.3, 0.4) is 0 Å². The number of hydrogen-bond acceptors (Lipinski definition) is 5. The van der Waals surface area contributed by atoms with Crippen molar-refractivity contribution in [1.29, 1.82) is 5.26 Å². The van der Waals surface area contributed by atoms with E-state index in [1.165, 1.54) is 0 Å². The number of anilines is 1. The maximum absolute atomic E-state index is 13.9. The third-order valence-electron chi connectivity index (χ3n) is 7.75. The maximum Gasteiger partial charge on any atom is 0.245 e. The van der Waals surface area contributed by atoms with Gasteiger partial charge in [0.1, 0.15) is 6.04 Å². The fourth-order valence-corrected chi connectivity index (χ4v) is 6.77. The molecule has 4 aromatic rings. The highest BCUT2D eigenvalue weighted by Crippen LogP contribution is 2.22. The van der Waals surface area contributed by atoms with Gasteiger partial charge in [0.15, 0.2) is 5.25 Å². The molecule has 2 unspecified atom stereocenters. The second-order valence-corrected chi connectivity index (χ2v) is 12.7. The monoisotopic (exact) mass is 594 g/mol. The van der Waals surface area contributed by atoms with Crippen LogP contribution in [0.1, 0.15) is 36.0 Å². The molecular formula is C34H34N4O4S. The van der Waals surface area contributed by atoms with Crippen LogP contribution in [0, 0.1) is 11.3 Å². The number of piperidine rings is 1. The molecule has 220 valence electrons. The predicted octanol–water partition coefficient (Wildman–Crippen LogP) is 4.80. The van der Waals surface area contributed by atoms with E-state index in [4.69, 9.17) is 0 Å². The van der Waals surface area contributed by atoms with Crippen LogP contribution in [-0.2, 0) is 32.5 Å². The fourth-order valence-electron chi connectivity index (χ4n) is 5.41. The molecule has 9 heteroatoms. The van der Waals surface area contributed by atoms with Gasteiger partial charge in [-0.1, -0.05) is 72.8 Å². The predicted molar refractivity (Wildman–Crippen MR) is 168 cm³/mol. The molecule has 1 aliphatic rings. The number of amides is 2. The molecule has 5 rings (SSSR count). The molecule has 2 N–H and O–H groups in total. The van der Waals surface area contributed by atoms with Gasteiger partial charge in [0.25, 0.3) is 0 Å². The molecule has 0 aromatic heterocycles. The van der Waals surface area contributed by atoms with Crippen LogP contribution in [0.2, 0.25) is 0 Å². The van der Waals surface area contributed by atoms with Gasteiger partial charge >= 0.3 is 0 Å². The molecule has 1 saturated heterocycles. The number of carbonyl (C=O) groups excluding carboxylic acids is 2. The van der Waals surface area contributed by atoms with Crippen molar-refractivity contribution in [2.75, 3.05) is 17.8 Å². The minimum absolute atomic E-state index is 0.0723. The van der Waals surface area contributed by atoms with Crippen LogP contribution in [0.4, 0.5) is 5.69 Å². The molecule has 0 aliphatic carbocycles. The third kappa shape index (κ3) is 7.59. The van der Waals surface area contributed by atoms with Gasteiger partial charge in [-0.25, -0.2) is 8.42 Å². The van der Waals surface area contributed by atoms with E-state index in [-0.39, 0.29) is 18.7 Å². The lowest BCUT2D eigenvalue weighted by Crippen LogP contribution is -2.54. The minimum Gasteiger partial charge on any atom is -0.343 e. The Morgan fingerprint density at radius 1 is 0.791 bits per heavy atom. The molecule has 0 saturated carbocycles. The summed E-state index contributed by atoms with van der Waals surface area (Å²) < 4.78 is 30.4. The van der Waals surface area contributed by atoms with Crippen molar-refractivity contribution in [3.05, 3.63) is 114 Å². The number of likely N-dealkylation sites (tertiary alicyclic amines) is 1. The molecule has 43 heavy (non-hydrogen) atoms. The highest BCUT2D eigenvalue weighted by Gasteiger charge is 2.36. The van der Waals surface area contributed by atoms with Crippen molar-refractivity contribution in [2.45, 2.75) is 43.4 Å². The van der Waals surface area contributed by atoms with Gasteiger partial charge in [0.05, 0.1) is 11.6 Å². The van der Waals surface area contributed by atoms with Gasteiger partial charge < -0.3 is 10.2 Å². The Labute approximate surface area is 252 Å². The summed E-state index contributed by atoms with van der Waals surface area (Å²) in [6.07, 6.45) is 2.89. The Morgan fingerprint density at radius 3 is 2.14 bits per heavy atom. The smallest absolute Gasteiger partial charge is 0.245 e. The summed E-state index contributed by atoms with van der Waals surface area (Å²) in [6, 6.07) is 29.7. The summed E-state index contributed by atoms with van der Waals surface area (Å²) in [5.74, 6) is -0.989. The molecule has 1 aliphatic heterocycles. The van der Waals surface area contributed by atoms with Crippen molar-refractivity contribution in [1.82, 2.24) is 10.2 Å². The second-order valence-electron chi connectivity index (χ2n) is 10.8.